The van der Waals surface area contributed by atoms with Gasteiger partial charge in [0, 0.05) is 31.7 Å². The fraction of sp³-hybridized carbons (Fsp3) is 0.417. The fourth-order valence-electron chi connectivity index (χ4n) is 1.97. The van der Waals surface area contributed by atoms with Crippen molar-refractivity contribution in [3.63, 3.8) is 0 Å². The summed E-state index contributed by atoms with van der Waals surface area (Å²) >= 11 is 0. The summed E-state index contributed by atoms with van der Waals surface area (Å²) in [5.41, 5.74) is -0.0266. The number of carboxylic acid groups (broad SMARTS) is 1. The van der Waals surface area contributed by atoms with E-state index in [1.54, 1.807) is 12.1 Å². The summed E-state index contributed by atoms with van der Waals surface area (Å²) in [5.74, 6) is -2.17. The smallest absolute Gasteiger partial charge is 0.545 e. The van der Waals surface area contributed by atoms with Crippen molar-refractivity contribution in [3.05, 3.63) is 29.6 Å². The molecule has 1 saturated heterocycles. The van der Waals surface area contributed by atoms with Gasteiger partial charge in [-0.25, -0.2) is 4.39 Å². The number of benzene rings is 1. The molecule has 1 heterocycles. The van der Waals surface area contributed by atoms with Gasteiger partial charge in [0.25, 0.3) is 0 Å². The molecule has 0 amide bonds. The molecule has 1 aliphatic rings. The molecule has 0 aliphatic carbocycles. The fourth-order valence-corrected chi connectivity index (χ4v) is 1.97. The monoisotopic (exact) mass is 244 g/mol. The number of likely N-dealkylation sites (N-methyl/N-ethyl adjacent to an activating group) is 1. The summed E-state index contributed by atoms with van der Waals surface area (Å²) in [6.45, 7) is 3.08. The van der Waals surface area contributed by atoms with Crippen LogP contribution >= 0.6 is 0 Å². The Morgan fingerprint density at radius 2 is 1.89 bits per heavy atom. The van der Waals surface area contributed by atoms with Crippen LogP contribution in [0.2, 0.25) is 0 Å². The predicted octanol–water partition coefficient (Wildman–Crippen LogP) is -3.05. The van der Waals surface area contributed by atoms with Gasteiger partial charge in [-0.15, -0.1) is 0 Å². The van der Waals surface area contributed by atoms with Gasteiger partial charge >= 0.3 is 18.9 Å². The molecule has 0 unspecified atom stereocenters. The van der Waals surface area contributed by atoms with Gasteiger partial charge in [-0.1, -0.05) is 12.1 Å². The number of nitrogens with zero attached hydrogens (tertiary/aromatic N) is 2. The molecule has 0 aromatic heterocycles. The number of piperazine rings is 1. The SMILES string of the molecule is CN1CCN(c2cccc(C(=O)[O-])c2F)CC1.[Li+]. The van der Waals surface area contributed by atoms with Crippen LogP contribution in [0.25, 0.3) is 0 Å². The van der Waals surface area contributed by atoms with Crippen LogP contribution in [0.5, 0.6) is 0 Å². The first kappa shape index (κ1) is 15.0. The summed E-state index contributed by atoms with van der Waals surface area (Å²) < 4.78 is 13.9. The van der Waals surface area contributed by atoms with E-state index in [2.05, 4.69) is 4.90 Å². The number of hydrogen-bond donors (Lipinski definition) is 0. The first-order chi connectivity index (χ1) is 8.09. The molecule has 0 spiro atoms. The van der Waals surface area contributed by atoms with Crippen LogP contribution in [0.4, 0.5) is 10.1 Å². The number of aromatic carboxylic acids is 1. The zero-order valence-electron chi connectivity index (χ0n) is 10.6. The quantitative estimate of drug-likeness (QED) is 0.518. The summed E-state index contributed by atoms with van der Waals surface area (Å²) in [4.78, 5) is 14.7. The van der Waals surface area contributed by atoms with Crippen molar-refractivity contribution in [3.8, 4) is 0 Å². The molecule has 2 rings (SSSR count). The largest absolute Gasteiger partial charge is 1.00 e. The van der Waals surface area contributed by atoms with Crippen LogP contribution in [0.3, 0.4) is 0 Å². The van der Waals surface area contributed by atoms with E-state index in [-0.39, 0.29) is 24.4 Å². The summed E-state index contributed by atoms with van der Waals surface area (Å²) in [5, 5.41) is 10.7. The molecule has 0 bridgehead atoms. The van der Waals surface area contributed by atoms with Crippen LogP contribution in [0, 0.1) is 5.82 Å². The Morgan fingerprint density at radius 1 is 1.28 bits per heavy atom. The molecule has 18 heavy (non-hydrogen) atoms. The Bertz CT molecular complexity index is 434. The molecule has 4 nitrogen and oxygen atoms in total. The van der Waals surface area contributed by atoms with Gasteiger partial charge in [0.2, 0.25) is 0 Å². The zero-order chi connectivity index (χ0) is 12.4. The third kappa shape index (κ3) is 3.05. The number of carbonyl (C=O) groups excluding carboxylic acids is 1. The van der Waals surface area contributed by atoms with Crippen LogP contribution < -0.4 is 28.9 Å². The molecule has 1 aromatic carbocycles. The Labute approximate surface area is 118 Å². The van der Waals surface area contributed by atoms with Crippen molar-refractivity contribution < 1.29 is 33.2 Å². The van der Waals surface area contributed by atoms with Crippen LogP contribution in [-0.4, -0.2) is 44.1 Å². The first-order valence-electron chi connectivity index (χ1n) is 5.53. The zero-order valence-corrected chi connectivity index (χ0v) is 10.6. The van der Waals surface area contributed by atoms with E-state index in [1.807, 2.05) is 11.9 Å². The maximum Gasteiger partial charge on any atom is 1.00 e. The van der Waals surface area contributed by atoms with Gasteiger partial charge < -0.3 is 19.7 Å². The Morgan fingerprint density at radius 3 is 2.44 bits per heavy atom. The minimum atomic E-state index is -1.47. The first-order valence-corrected chi connectivity index (χ1v) is 5.53. The van der Waals surface area contributed by atoms with Gasteiger partial charge in [0.1, 0.15) is 0 Å². The molecule has 0 atom stereocenters. The van der Waals surface area contributed by atoms with Crippen LogP contribution in [0.1, 0.15) is 10.4 Å². The van der Waals surface area contributed by atoms with Crippen molar-refractivity contribution >= 4 is 11.7 Å². The van der Waals surface area contributed by atoms with Crippen LogP contribution in [0.15, 0.2) is 18.2 Å². The van der Waals surface area contributed by atoms with Gasteiger partial charge in [0.05, 0.1) is 11.7 Å². The number of halogens is 1. The molecule has 6 heteroatoms. The maximum absolute atomic E-state index is 13.9. The van der Waals surface area contributed by atoms with E-state index in [0.717, 1.165) is 13.1 Å². The molecule has 0 saturated carbocycles. The number of hydrogen-bond acceptors (Lipinski definition) is 4. The Kier molecular flexibility index (Phi) is 5.21. The molecule has 1 aromatic rings. The van der Waals surface area contributed by atoms with Crippen LogP contribution in [-0.2, 0) is 0 Å². The Hall–Kier alpha value is -1.02. The molecule has 1 fully saturated rings. The minimum absolute atomic E-state index is 0. The summed E-state index contributed by atoms with van der Waals surface area (Å²) in [6, 6.07) is 4.37. The topological polar surface area (TPSA) is 46.6 Å². The average Bonchev–Trinajstić information content (AvgIpc) is 2.30. The van der Waals surface area contributed by atoms with Gasteiger partial charge in [-0.05, 0) is 13.1 Å². The van der Waals surface area contributed by atoms with Gasteiger partial charge in [-0.3, -0.25) is 0 Å². The average molecular weight is 244 g/mol. The minimum Gasteiger partial charge on any atom is -0.545 e. The van der Waals surface area contributed by atoms with E-state index < -0.39 is 11.8 Å². The second kappa shape index (κ2) is 6.23. The molecular weight excluding hydrogens is 230 g/mol. The normalized spacial score (nSPS) is 16.2. The Balaban J connectivity index is 0.00000162. The van der Waals surface area contributed by atoms with E-state index in [4.69, 9.17) is 0 Å². The molecule has 1 aliphatic heterocycles. The third-order valence-corrected chi connectivity index (χ3v) is 3.04. The van der Waals surface area contributed by atoms with Gasteiger partial charge in [0.15, 0.2) is 5.82 Å². The van der Waals surface area contributed by atoms with Crippen molar-refractivity contribution in [1.82, 2.24) is 4.90 Å². The second-order valence-electron chi connectivity index (χ2n) is 4.22. The molecule has 92 valence electrons. The molecule has 0 radical (unpaired) electrons. The molecule has 0 N–H and O–H groups in total. The van der Waals surface area contributed by atoms with E-state index in [1.165, 1.54) is 6.07 Å². The predicted molar refractivity (Wildman–Crippen MR) is 60.4 cm³/mol. The number of anilines is 1. The standard InChI is InChI=1S/C12H15FN2O2.Li/c1-14-5-7-15(8-6-14)10-4-2-3-9(11(10)13)12(16)17;/h2-4H,5-8H2,1H3,(H,16,17);/q;+1/p-1. The third-order valence-electron chi connectivity index (χ3n) is 3.04. The van der Waals surface area contributed by atoms with E-state index in [0.29, 0.717) is 18.8 Å². The van der Waals surface area contributed by atoms with Gasteiger partial charge in [-0.2, -0.15) is 0 Å². The maximum atomic E-state index is 13.9. The van der Waals surface area contributed by atoms with Crippen molar-refractivity contribution in [2.24, 2.45) is 0 Å². The molecular formula is C12H14FLiN2O2. The van der Waals surface area contributed by atoms with Crippen molar-refractivity contribution in [2.45, 2.75) is 0 Å². The van der Waals surface area contributed by atoms with E-state index in [9.17, 15) is 14.3 Å². The van der Waals surface area contributed by atoms with E-state index >= 15 is 0 Å². The summed E-state index contributed by atoms with van der Waals surface area (Å²) in [7, 11) is 2.01. The number of rotatable bonds is 2. The summed E-state index contributed by atoms with van der Waals surface area (Å²) in [6.07, 6.45) is 0. The van der Waals surface area contributed by atoms with Crippen molar-refractivity contribution in [1.29, 1.82) is 0 Å². The van der Waals surface area contributed by atoms with Crippen molar-refractivity contribution in [2.75, 3.05) is 38.1 Å². The number of carbonyl (C=O) groups is 1. The second-order valence-corrected chi connectivity index (χ2v) is 4.22. The number of carboxylic acids is 1.